The minimum Gasteiger partial charge on any atom is -0.392 e. The Hall–Kier alpha value is -3.49. The first-order valence-corrected chi connectivity index (χ1v) is 7.21. The Morgan fingerprint density at radius 2 is 2.04 bits per heavy atom. The van der Waals surface area contributed by atoms with Crippen LogP contribution in [-0.2, 0) is 6.61 Å². The summed E-state index contributed by atoms with van der Waals surface area (Å²) < 4.78 is 1.56. The second kappa shape index (κ2) is 6.73. The van der Waals surface area contributed by atoms with Gasteiger partial charge in [0.15, 0.2) is 11.5 Å². The van der Waals surface area contributed by atoms with E-state index in [1.165, 1.54) is 6.20 Å². The third kappa shape index (κ3) is 2.86. The zero-order chi connectivity index (χ0) is 16.9. The number of aliphatic hydroxyl groups excluding tert-OH is 1. The van der Waals surface area contributed by atoms with E-state index in [4.69, 9.17) is 10.5 Å². The molecule has 0 saturated heterocycles. The predicted octanol–water partition coefficient (Wildman–Crippen LogP) is 1.51. The lowest BCUT2D eigenvalue weighted by Gasteiger charge is -2.11. The predicted molar refractivity (Wildman–Crippen MR) is 86.0 cm³/mol. The molecule has 0 amide bonds. The van der Waals surface area contributed by atoms with Crippen molar-refractivity contribution in [3.05, 3.63) is 41.9 Å². The number of aliphatic hydroxyl groups is 1. The molecule has 0 atom stereocenters. The van der Waals surface area contributed by atoms with E-state index in [0.717, 1.165) is 5.39 Å². The average molecular weight is 319 g/mol. The van der Waals surface area contributed by atoms with Crippen LogP contribution in [0.4, 0.5) is 5.69 Å². The number of anilines is 1. The normalized spacial score (nSPS) is 10.3. The second-order valence-electron chi connectivity index (χ2n) is 5.00. The van der Waals surface area contributed by atoms with Crippen molar-refractivity contribution in [2.24, 2.45) is 0 Å². The maximum atomic E-state index is 9.42. The highest BCUT2D eigenvalue weighted by molar-refractivity contribution is 5.77. The average Bonchev–Trinajstić information content (AvgIpc) is 3.04. The van der Waals surface area contributed by atoms with Crippen LogP contribution in [0, 0.1) is 22.7 Å². The molecule has 8 nitrogen and oxygen atoms in total. The number of nitrogens with one attached hydrogen (secondary N) is 1. The van der Waals surface area contributed by atoms with Gasteiger partial charge in [-0.25, -0.2) is 9.97 Å². The van der Waals surface area contributed by atoms with E-state index >= 15 is 0 Å². The van der Waals surface area contributed by atoms with Gasteiger partial charge in [0.2, 0.25) is 0 Å². The van der Waals surface area contributed by atoms with Crippen molar-refractivity contribution >= 4 is 16.7 Å². The topological polar surface area (TPSA) is 123 Å². The molecule has 0 unspecified atom stereocenters. The van der Waals surface area contributed by atoms with Gasteiger partial charge in [-0.1, -0.05) is 0 Å². The summed E-state index contributed by atoms with van der Waals surface area (Å²) >= 11 is 0. The van der Waals surface area contributed by atoms with Gasteiger partial charge in [-0.3, -0.25) is 0 Å². The maximum absolute atomic E-state index is 9.42. The number of fused-ring (bicyclic) bond motifs is 1. The van der Waals surface area contributed by atoms with Gasteiger partial charge in [-0.2, -0.15) is 20.3 Å². The molecule has 0 aliphatic carbocycles. The smallest absolute Gasteiger partial charge is 0.164 e. The van der Waals surface area contributed by atoms with Crippen LogP contribution in [0.1, 0.15) is 17.5 Å². The van der Waals surface area contributed by atoms with E-state index in [9.17, 15) is 5.11 Å². The molecule has 0 spiro atoms. The molecule has 3 aromatic rings. The minimum atomic E-state index is -0.161. The van der Waals surface area contributed by atoms with Crippen molar-refractivity contribution in [1.82, 2.24) is 19.7 Å². The first-order valence-electron chi connectivity index (χ1n) is 7.21. The quantitative estimate of drug-likeness (QED) is 0.683. The fourth-order valence-electron chi connectivity index (χ4n) is 2.28. The van der Waals surface area contributed by atoms with Crippen LogP contribution in [0.5, 0.6) is 0 Å². The van der Waals surface area contributed by atoms with Crippen LogP contribution >= 0.6 is 0 Å². The second-order valence-corrected chi connectivity index (χ2v) is 5.00. The molecule has 118 valence electrons. The molecule has 0 bridgehead atoms. The monoisotopic (exact) mass is 319 g/mol. The molecule has 8 heteroatoms. The lowest BCUT2D eigenvalue weighted by molar-refractivity contribution is 0.282. The summed E-state index contributed by atoms with van der Waals surface area (Å²) in [5.74, 6) is 0.527. The summed E-state index contributed by atoms with van der Waals surface area (Å²) in [5.41, 5.74) is 2.37. The highest BCUT2D eigenvalue weighted by atomic mass is 16.3. The summed E-state index contributed by atoms with van der Waals surface area (Å²) in [7, 11) is 0. The van der Waals surface area contributed by atoms with Crippen LogP contribution in [0.3, 0.4) is 0 Å². The van der Waals surface area contributed by atoms with Gasteiger partial charge >= 0.3 is 0 Å². The van der Waals surface area contributed by atoms with E-state index in [-0.39, 0.29) is 6.61 Å². The first-order chi connectivity index (χ1) is 11.8. The molecule has 3 aromatic heterocycles. The van der Waals surface area contributed by atoms with E-state index in [2.05, 4.69) is 26.5 Å². The minimum absolute atomic E-state index is 0.161. The third-order valence-electron chi connectivity index (χ3n) is 3.45. The molecule has 0 aliphatic heterocycles. The Labute approximate surface area is 137 Å². The van der Waals surface area contributed by atoms with Crippen molar-refractivity contribution in [2.75, 3.05) is 11.9 Å². The Bertz CT molecular complexity index is 965. The van der Waals surface area contributed by atoms with Crippen LogP contribution in [0.25, 0.3) is 16.9 Å². The fraction of sp³-hybridized carbons (Fsp3) is 0.188. The Kier molecular flexibility index (Phi) is 4.32. The first kappa shape index (κ1) is 15.4. The van der Waals surface area contributed by atoms with Crippen molar-refractivity contribution in [1.29, 1.82) is 10.5 Å². The highest BCUT2D eigenvalue weighted by Gasteiger charge is 2.11. The van der Waals surface area contributed by atoms with Gasteiger partial charge in [-0.15, -0.1) is 0 Å². The van der Waals surface area contributed by atoms with Crippen molar-refractivity contribution in [2.45, 2.75) is 13.0 Å². The summed E-state index contributed by atoms with van der Waals surface area (Å²) in [4.78, 5) is 8.57. The lowest BCUT2D eigenvalue weighted by atomic mass is 10.2. The molecular weight excluding hydrogens is 306 g/mol. The molecule has 2 N–H and O–H groups in total. The largest absolute Gasteiger partial charge is 0.392 e. The number of nitrogens with zero attached hydrogens (tertiary/aromatic N) is 6. The number of nitriles is 2. The zero-order valence-corrected chi connectivity index (χ0v) is 12.6. The summed E-state index contributed by atoms with van der Waals surface area (Å²) in [6.07, 6.45) is 5.01. The standard InChI is InChI=1S/C16H13N7O/c17-2-1-3-19-14-5-15(20-8-13(14)10-24)23-16-12(9-22-23)4-11(6-18)7-21-16/h4-5,7-9,24H,1,3,10H2,(H,19,20). The van der Waals surface area contributed by atoms with Gasteiger partial charge in [-0.05, 0) is 6.07 Å². The maximum Gasteiger partial charge on any atom is 0.164 e. The third-order valence-corrected chi connectivity index (χ3v) is 3.45. The van der Waals surface area contributed by atoms with E-state index in [1.807, 2.05) is 6.07 Å². The molecule has 0 radical (unpaired) electrons. The summed E-state index contributed by atoms with van der Waals surface area (Å²) in [5, 5.41) is 35.1. The number of hydrogen-bond acceptors (Lipinski definition) is 7. The number of pyridine rings is 2. The number of hydrogen-bond donors (Lipinski definition) is 2. The molecule has 0 aliphatic rings. The molecule has 0 saturated carbocycles. The van der Waals surface area contributed by atoms with Gasteiger partial charge in [0, 0.05) is 41.6 Å². The molecule has 0 aromatic carbocycles. The Morgan fingerprint density at radius 3 is 2.79 bits per heavy atom. The van der Waals surface area contributed by atoms with Gasteiger partial charge in [0.25, 0.3) is 0 Å². The SMILES string of the molecule is N#CCCNc1cc(-n2ncc3cc(C#N)cnc32)ncc1CO. The lowest BCUT2D eigenvalue weighted by Crippen LogP contribution is -2.07. The van der Waals surface area contributed by atoms with Gasteiger partial charge < -0.3 is 10.4 Å². The fourth-order valence-corrected chi connectivity index (χ4v) is 2.28. The van der Waals surface area contributed by atoms with Crippen molar-refractivity contribution < 1.29 is 5.11 Å². The highest BCUT2D eigenvalue weighted by Crippen LogP contribution is 2.21. The number of rotatable bonds is 5. The van der Waals surface area contributed by atoms with Gasteiger partial charge in [0.1, 0.15) is 6.07 Å². The zero-order valence-electron chi connectivity index (χ0n) is 12.6. The summed E-state index contributed by atoms with van der Waals surface area (Å²) in [6.45, 7) is 0.308. The Balaban J connectivity index is 2.02. The van der Waals surface area contributed by atoms with Crippen LogP contribution in [0.2, 0.25) is 0 Å². The van der Waals surface area contributed by atoms with Crippen LogP contribution in [-0.4, -0.2) is 31.4 Å². The Morgan fingerprint density at radius 1 is 1.17 bits per heavy atom. The molecule has 3 rings (SSSR count). The van der Waals surface area contributed by atoms with E-state index in [0.29, 0.717) is 41.2 Å². The summed E-state index contributed by atoms with van der Waals surface area (Å²) in [6, 6.07) is 7.55. The van der Waals surface area contributed by atoms with Crippen molar-refractivity contribution in [3.8, 4) is 18.0 Å². The molecule has 24 heavy (non-hydrogen) atoms. The molecular formula is C16H13N7O. The van der Waals surface area contributed by atoms with E-state index < -0.39 is 0 Å². The van der Waals surface area contributed by atoms with E-state index in [1.54, 1.807) is 29.2 Å². The van der Waals surface area contributed by atoms with Crippen LogP contribution < -0.4 is 5.32 Å². The molecule has 0 fully saturated rings. The number of aromatic nitrogens is 4. The molecule has 3 heterocycles. The van der Waals surface area contributed by atoms with Gasteiger partial charge in [0.05, 0.1) is 30.9 Å². The van der Waals surface area contributed by atoms with Crippen molar-refractivity contribution in [3.63, 3.8) is 0 Å². The van der Waals surface area contributed by atoms with Crippen LogP contribution in [0.15, 0.2) is 30.7 Å².